The highest BCUT2D eigenvalue weighted by Gasteiger charge is 2.24. The van der Waals surface area contributed by atoms with Crippen molar-refractivity contribution < 1.29 is 23.8 Å². The van der Waals surface area contributed by atoms with E-state index in [1.54, 1.807) is 61.8 Å². The molecule has 4 rings (SSSR count). The Hall–Kier alpha value is -3.76. The molecule has 1 N–H and O–H groups in total. The van der Waals surface area contributed by atoms with E-state index in [0.717, 1.165) is 35.6 Å². The van der Waals surface area contributed by atoms with Crippen LogP contribution >= 0.6 is 11.3 Å². The van der Waals surface area contributed by atoms with Crippen molar-refractivity contribution in [2.45, 2.75) is 32.7 Å². The quantitative estimate of drug-likeness (QED) is 0.273. The molecule has 0 unspecified atom stereocenters. The summed E-state index contributed by atoms with van der Waals surface area (Å²) in [4.78, 5) is 34.4. The number of benzene rings is 2. The number of ether oxygens (including phenoxy) is 3. The van der Waals surface area contributed by atoms with Crippen molar-refractivity contribution in [2.75, 3.05) is 65.9 Å². The lowest BCUT2D eigenvalue weighted by Crippen LogP contribution is -2.47. The Kier molecular flexibility index (Phi) is 11.5. The third kappa shape index (κ3) is 8.62. The number of carbonyl (C=O) groups excluding carboxylic acids is 2. The Morgan fingerprint density at radius 1 is 0.905 bits per heavy atom. The molecule has 0 bridgehead atoms. The number of amides is 3. The third-order valence-electron chi connectivity index (χ3n) is 7.61. The van der Waals surface area contributed by atoms with Gasteiger partial charge in [0.15, 0.2) is 11.5 Å². The summed E-state index contributed by atoms with van der Waals surface area (Å²) in [6.45, 7) is 6.31. The van der Waals surface area contributed by atoms with Gasteiger partial charge in [0.1, 0.15) is 12.3 Å². The summed E-state index contributed by atoms with van der Waals surface area (Å²) in [6, 6.07) is 14.8. The van der Waals surface area contributed by atoms with Gasteiger partial charge in [-0.1, -0.05) is 6.07 Å². The third-order valence-corrected chi connectivity index (χ3v) is 8.62. The molecule has 1 saturated heterocycles. The number of nitrogens with zero attached hydrogens (tertiary/aromatic N) is 3. The highest BCUT2D eigenvalue weighted by Crippen LogP contribution is 2.28. The average Bonchev–Trinajstić information content (AvgIpc) is 3.68. The van der Waals surface area contributed by atoms with Crippen LogP contribution in [-0.4, -0.2) is 87.2 Å². The monoisotopic (exact) mass is 594 g/mol. The molecular formula is C32H42N4O5S. The number of nitrogens with one attached hydrogen (secondary N) is 1. The molecule has 1 aliphatic rings. The van der Waals surface area contributed by atoms with Crippen molar-refractivity contribution >= 4 is 29.0 Å². The van der Waals surface area contributed by atoms with E-state index in [2.05, 4.69) is 23.2 Å². The van der Waals surface area contributed by atoms with Gasteiger partial charge >= 0.3 is 6.03 Å². The predicted octanol–water partition coefficient (Wildman–Crippen LogP) is 5.28. The Morgan fingerprint density at radius 2 is 1.64 bits per heavy atom. The van der Waals surface area contributed by atoms with Crippen molar-refractivity contribution in [3.05, 3.63) is 69.9 Å². The van der Waals surface area contributed by atoms with Crippen LogP contribution in [0.5, 0.6) is 17.2 Å². The van der Waals surface area contributed by atoms with E-state index in [1.165, 1.54) is 12.8 Å². The van der Waals surface area contributed by atoms with Crippen LogP contribution < -0.4 is 19.5 Å². The molecule has 3 aromatic rings. The molecule has 1 fully saturated rings. The second-order valence-electron chi connectivity index (χ2n) is 10.4. The maximum Gasteiger partial charge on any atom is 0.322 e. The van der Waals surface area contributed by atoms with E-state index in [-0.39, 0.29) is 18.5 Å². The van der Waals surface area contributed by atoms with E-state index in [1.807, 2.05) is 28.5 Å². The first-order valence-electron chi connectivity index (χ1n) is 14.3. The fourth-order valence-corrected chi connectivity index (χ4v) is 5.91. The Labute approximate surface area is 253 Å². The molecule has 1 aliphatic heterocycles. The molecule has 0 saturated carbocycles. The van der Waals surface area contributed by atoms with Crippen LogP contribution in [0.4, 0.5) is 10.5 Å². The smallest absolute Gasteiger partial charge is 0.322 e. The summed E-state index contributed by atoms with van der Waals surface area (Å²) in [5.41, 5.74) is 2.85. The fraction of sp³-hybridized carbons (Fsp3) is 0.438. The first-order chi connectivity index (χ1) is 20.4. The van der Waals surface area contributed by atoms with E-state index < -0.39 is 0 Å². The summed E-state index contributed by atoms with van der Waals surface area (Å²) < 4.78 is 16.1. The van der Waals surface area contributed by atoms with Gasteiger partial charge in [-0.2, -0.15) is 0 Å². The van der Waals surface area contributed by atoms with Gasteiger partial charge in [-0.05, 0) is 98.2 Å². The number of urea groups is 1. The lowest BCUT2D eigenvalue weighted by Gasteiger charge is -2.29. The van der Waals surface area contributed by atoms with Crippen LogP contribution in [0.3, 0.4) is 0 Å². The lowest BCUT2D eigenvalue weighted by molar-refractivity contribution is -0.132. The molecule has 1 aromatic heterocycles. The van der Waals surface area contributed by atoms with Gasteiger partial charge in [0.05, 0.1) is 27.9 Å². The zero-order chi connectivity index (χ0) is 29.9. The number of methoxy groups -OCH3 is 3. The molecule has 3 amide bonds. The number of rotatable bonds is 14. The van der Waals surface area contributed by atoms with Gasteiger partial charge < -0.3 is 34.2 Å². The molecule has 226 valence electrons. The van der Waals surface area contributed by atoms with Crippen molar-refractivity contribution in [1.82, 2.24) is 14.7 Å². The molecule has 9 nitrogen and oxygen atoms in total. The number of aryl methyl sites for hydroxylation is 1. The SMILES string of the molecule is COc1ccc(NC(=O)N(CCN2CCCC2)CC(=O)N(CCc2ccc(OC)c(OC)c2)Cc2sccc2C)cc1. The number of likely N-dealkylation sites (tertiary alicyclic amines) is 1. The van der Waals surface area contributed by atoms with Gasteiger partial charge in [-0.15, -0.1) is 11.3 Å². The first kappa shape index (κ1) is 31.2. The second-order valence-corrected chi connectivity index (χ2v) is 11.4. The van der Waals surface area contributed by atoms with Crippen LogP contribution in [0, 0.1) is 6.92 Å². The minimum atomic E-state index is -0.292. The highest BCUT2D eigenvalue weighted by atomic mass is 32.1. The van der Waals surface area contributed by atoms with Gasteiger partial charge in [-0.25, -0.2) is 4.79 Å². The van der Waals surface area contributed by atoms with E-state index in [9.17, 15) is 9.59 Å². The topological polar surface area (TPSA) is 83.6 Å². The van der Waals surface area contributed by atoms with Crippen molar-refractivity contribution in [3.63, 3.8) is 0 Å². The maximum atomic E-state index is 13.9. The van der Waals surface area contributed by atoms with Gasteiger partial charge in [-0.3, -0.25) is 4.79 Å². The van der Waals surface area contributed by atoms with E-state index in [4.69, 9.17) is 14.2 Å². The first-order valence-corrected chi connectivity index (χ1v) is 15.2. The van der Waals surface area contributed by atoms with Crippen LogP contribution in [0.2, 0.25) is 0 Å². The van der Waals surface area contributed by atoms with E-state index >= 15 is 0 Å². The zero-order valence-corrected chi connectivity index (χ0v) is 25.9. The average molecular weight is 595 g/mol. The standard InChI is InChI=1S/C32H42N4O5S/c1-24-14-20-42-30(24)22-35(17-13-25-7-12-28(40-3)29(21-25)41-4)31(37)23-36(19-18-34-15-5-6-16-34)32(38)33-26-8-10-27(39-2)11-9-26/h7-12,14,20-21H,5-6,13,15-19,22-23H2,1-4H3,(H,33,38). The number of hydrogen-bond donors (Lipinski definition) is 1. The van der Waals surface area contributed by atoms with Gasteiger partial charge in [0, 0.05) is 30.2 Å². The minimum absolute atomic E-state index is 0.00775. The zero-order valence-electron chi connectivity index (χ0n) is 25.1. The van der Waals surface area contributed by atoms with Crippen molar-refractivity contribution in [3.8, 4) is 17.2 Å². The predicted molar refractivity (Wildman–Crippen MR) is 167 cm³/mol. The summed E-state index contributed by atoms with van der Waals surface area (Å²) in [7, 11) is 4.83. The second kappa shape index (κ2) is 15.5. The molecule has 2 heterocycles. The van der Waals surface area contributed by atoms with Crippen molar-refractivity contribution in [2.24, 2.45) is 0 Å². The Bertz CT molecular complexity index is 1310. The minimum Gasteiger partial charge on any atom is -0.497 e. The van der Waals surface area contributed by atoms with Gasteiger partial charge in [0.2, 0.25) is 5.91 Å². The van der Waals surface area contributed by atoms with Gasteiger partial charge in [0.25, 0.3) is 0 Å². The highest BCUT2D eigenvalue weighted by molar-refractivity contribution is 7.10. The molecule has 42 heavy (non-hydrogen) atoms. The number of carbonyl (C=O) groups is 2. The summed E-state index contributed by atoms with van der Waals surface area (Å²) >= 11 is 1.64. The maximum absolute atomic E-state index is 13.9. The molecule has 0 radical (unpaired) electrons. The molecule has 0 atom stereocenters. The largest absolute Gasteiger partial charge is 0.497 e. The summed E-state index contributed by atoms with van der Waals surface area (Å²) in [5, 5.41) is 5.02. The summed E-state index contributed by atoms with van der Waals surface area (Å²) in [6.07, 6.45) is 2.98. The molecule has 2 aromatic carbocycles. The Balaban J connectivity index is 1.49. The molecule has 0 aliphatic carbocycles. The van der Waals surface area contributed by atoms with E-state index in [0.29, 0.717) is 49.0 Å². The normalized spacial score (nSPS) is 13.0. The molecular weight excluding hydrogens is 552 g/mol. The van der Waals surface area contributed by atoms with Crippen LogP contribution in [0.25, 0.3) is 0 Å². The van der Waals surface area contributed by atoms with Crippen LogP contribution in [0.15, 0.2) is 53.9 Å². The molecule has 0 spiro atoms. The molecule has 10 heteroatoms. The Morgan fingerprint density at radius 3 is 2.29 bits per heavy atom. The number of anilines is 1. The fourth-order valence-electron chi connectivity index (χ4n) is 4.99. The van der Waals surface area contributed by atoms with Crippen LogP contribution in [-0.2, 0) is 17.8 Å². The number of thiophene rings is 1. The van der Waals surface area contributed by atoms with Crippen molar-refractivity contribution in [1.29, 1.82) is 0 Å². The summed E-state index contributed by atoms with van der Waals surface area (Å²) in [5.74, 6) is 1.95. The number of hydrogen-bond acceptors (Lipinski definition) is 7. The lowest BCUT2D eigenvalue weighted by atomic mass is 10.1. The van der Waals surface area contributed by atoms with Crippen LogP contribution in [0.1, 0.15) is 28.8 Å².